The number of nitrogens with one attached hydrogen (secondary N) is 1. The Balaban J connectivity index is 1.98. The molecule has 0 aliphatic heterocycles. The fourth-order valence-electron chi connectivity index (χ4n) is 2.18. The van der Waals surface area contributed by atoms with Crippen LogP contribution >= 0.6 is 11.6 Å². The van der Waals surface area contributed by atoms with E-state index in [0.717, 1.165) is 36.4 Å². The van der Waals surface area contributed by atoms with Gasteiger partial charge in [0.15, 0.2) is 0 Å². The average Bonchev–Trinajstić information content (AvgIpc) is 2.25. The summed E-state index contributed by atoms with van der Waals surface area (Å²) in [5.41, 5.74) is 2.18. The first kappa shape index (κ1) is 11.7. The number of hydrogen-bond acceptors (Lipinski definition) is 2. The van der Waals surface area contributed by atoms with Crippen LogP contribution in [0, 0.1) is 6.92 Å². The van der Waals surface area contributed by atoms with Crippen LogP contribution in [0.15, 0.2) is 18.2 Å². The van der Waals surface area contributed by atoms with Gasteiger partial charge in [-0.1, -0.05) is 17.7 Å². The van der Waals surface area contributed by atoms with E-state index < -0.39 is 0 Å². The van der Waals surface area contributed by atoms with E-state index in [9.17, 15) is 5.11 Å². The minimum Gasteiger partial charge on any atom is -0.393 e. The first-order valence-corrected chi connectivity index (χ1v) is 6.23. The minimum absolute atomic E-state index is 0.105. The number of anilines is 1. The monoisotopic (exact) mass is 239 g/mol. The summed E-state index contributed by atoms with van der Waals surface area (Å²) in [5, 5.41) is 13.7. The molecule has 0 saturated heterocycles. The van der Waals surface area contributed by atoms with Gasteiger partial charge in [0.05, 0.1) is 16.8 Å². The lowest BCUT2D eigenvalue weighted by Crippen LogP contribution is -2.28. The summed E-state index contributed by atoms with van der Waals surface area (Å²) in [6, 6.07) is 6.51. The highest BCUT2D eigenvalue weighted by atomic mass is 35.5. The van der Waals surface area contributed by atoms with Crippen molar-refractivity contribution >= 4 is 17.3 Å². The first-order valence-electron chi connectivity index (χ1n) is 5.86. The van der Waals surface area contributed by atoms with Gasteiger partial charge in [0.2, 0.25) is 0 Å². The van der Waals surface area contributed by atoms with Gasteiger partial charge >= 0.3 is 0 Å². The average molecular weight is 240 g/mol. The summed E-state index contributed by atoms with van der Waals surface area (Å²) in [6.45, 7) is 2.03. The molecule has 1 fully saturated rings. The topological polar surface area (TPSA) is 32.3 Å². The molecule has 0 unspecified atom stereocenters. The molecule has 0 bridgehead atoms. The highest BCUT2D eigenvalue weighted by Gasteiger charge is 2.19. The third kappa shape index (κ3) is 2.89. The van der Waals surface area contributed by atoms with Crippen LogP contribution in [0.4, 0.5) is 5.69 Å². The van der Waals surface area contributed by atoms with Crippen molar-refractivity contribution in [2.24, 2.45) is 0 Å². The lowest BCUT2D eigenvalue weighted by Gasteiger charge is -2.27. The second-order valence-electron chi connectivity index (χ2n) is 4.63. The van der Waals surface area contributed by atoms with Crippen molar-refractivity contribution in [1.82, 2.24) is 0 Å². The molecular weight excluding hydrogens is 222 g/mol. The molecule has 0 heterocycles. The predicted molar refractivity (Wildman–Crippen MR) is 68.1 cm³/mol. The van der Waals surface area contributed by atoms with Crippen molar-refractivity contribution in [2.45, 2.75) is 44.8 Å². The molecule has 3 heteroatoms. The molecule has 0 amide bonds. The number of aryl methyl sites for hydroxylation is 1. The lowest BCUT2D eigenvalue weighted by molar-refractivity contribution is 0.126. The van der Waals surface area contributed by atoms with Crippen molar-refractivity contribution in [2.75, 3.05) is 5.32 Å². The van der Waals surface area contributed by atoms with Crippen LogP contribution in [0.25, 0.3) is 0 Å². The number of rotatable bonds is 2. The van der Waals surface area contributed by atoms with Crippen molar-refractivity contribution in [3.05, 3.63) is 28.8 Å². The number of aliphatic hydroxyl groups excluding tert-OH is 1. The molecule has 1 aromatic rings. The zero-order valence-electron chi connectivity index (χ0n) is 9.54. The van der Waals surface area contributed by atoms with E-state index in [-0.39, 0.29) is 6.10 Å². The summed E-state index contributed by atoms with van der Waals surface area (Å²) in [5.74, 6) is 0. The molecule has 0 atom stereocenters. The Morgan fingerprint density at radius 2 is 1.94 bits per heavy atom. The third-order valence-corrected chi connectivity index (χ3v) is 3.49. The van der Waals surface area contributed by atoms with E-state index in [1.807, 2.05) is 19.1 Å². The molecule has 1 aliphatic rings. The smallest absolute Gasteiger partial charge is 0.0640 e. The molecule has 2 rings (SSSR count). The van der Waals surface area contributed by atoms with Gasteiger partial charge in [0.1, 0.15) is 0 Å². The molecule has 1 saturated carbocycles. The fraction of sp³-hybridized carbons (Fsp3) is 0.538. The van der Waals surface area contributed by atoms with Crippen molar-refractivity contribution in [1.29, 1.82) is 0 Å². The van der Waals surface area contributed by atoms with Gasteiger partial charge in [-0.25, -0.2) is 0 Å². The third-order valence-electron chi connectivity index (χ3n) is 3.18. The summed E-state index contributed by atoms with van der Waals surface area (Å²) in [7, 11) is 0. The van der Waals surface area contributed by atoms with Crippen molar-refractivity contribution in [3.8, 4) is 0 Å². The van der Waals surface area contributed by atoms with E-state index in [1.54, 1.807) is 0 Å². The maximum Gasteiger partial charge on any atom is 0.0640 e. The Labute approximate surface area is 102 Å². The molecule has 0 aromatic heterocycles. The van der Waals surface area contributed by atoms with Gasteiger partial charge in [-0.2, -0.15) is 0 Å². The van der Waals surface area contributed by atoms with E-state index in [4.69, 9.17) is 11.6 Å². The van der Waals surface area contributed by atoms with Gasteiger partial charge in [-0.3, -0.25) is 0 Å². The molecule has 0 spiro atoms. The second kappa shape index (κ2) is 5.07. The molecule has 88 valence electrons. The zero-order valence-corrected chi connectivity index (χ0v) is 10.3. The highest BCUT2D eigenvalue weighted by Crippen LogP contribution is 2.27. The van der Waals surface area contributed by atoms with Crippen LogP contribution in [0.2, 0.25) is 5.02 Å². The van der Waals surface area contributed by atoms with Gasteiger partial charge in [0.25, 0.3) is 0 Å². The number of aliphatic hydroxyl groups is 1. The van der Waals surface area contributed by atoms with Crippen LogP contribution in [-0.2, 0) is 0 Å². The number of benzene rings is 1. The maximum atomic E-state index is 9.43. The Kier molecular flexibility index (Phi) is 3.72. The largest absolute Gasteiger partial charge is 0.393 e. The molecule has 1 aromatic carbocycles. The highest BCUT2D eigenvalue weighted by molar-refractivity contribution is 6.33. The standard InChI is InChI=1S/C13H18ClNO/c1-9-2-7-13(12(14)8-9)15-10-3-5-11(16)6-4-10/h2,7-8,10-11,15-16H,3-6H2,1H3/t10-,11+. The van der Waals surface area contributed by atoms with E-state index >= 15 is 0 Å². The van der Waals surface area contributed by atoms with Gasteiger partial charge in [0, 0.05) is 6.04 Å². The van der Waals surface area contributed by atoms with Crippen molar-refractivity contribution in [3.63, 3.8) is 0 Å². The summed E-state index contributed by atoms with van der Waals surface area (Å²) in [6.07, 6.45) is 3.71. The molecule has 16 heavy (non-hydrogen) atoms. The molecule has 2 nitrogen and oxygen atoms in total. The predicted octanol–water partition coefficient (Wildman–Crippen LogP) is 3.36. The van der Waals surface area contributed by atoms with Crippen LogP contribution in [0.3, 0.4) is 0 Å². The normalized spacial score (nSPS) is 25.4. The van der Waals surface area contributed by atoms with Crippen LogP contribution < -0.4 is 5.32 Å². The summed E-state index contributed by atoms with van der Waals surface area (Å²) in [4.78, 5) is 0. The zero-order chi connectivity index (χ0) is 11.5. The van der Waals surface area contributed by atoms with E-state index in [1.165, 1.54) is 5.56 Å². The number of hydrogen-bond donors (Lipinski definition) is 2. The molecule has 1 aliphatic carbocycles. The molecule has 0 radical (unpaired) electrons. The van der Waals surface area contributed by atoms with Gasteiger partial charge in [-0.05, 0) is 50.3 Å². The second-order valence-corrected chi connectivity index (χ2v) is 5.04. The Morgan fingerprint density at radius 1 is 1.25 bits per heavy atom. The summed E-state index contributed by atoms with van der Waals surface area (Å²) >= 11 is 6.17. The Morgan fingerprint density at radius 3 is 2.56 bits per heavy atom. The molecule has 2 N–H and O–H groups in total. The first-order chi connectivity index (χ1) is 7.65. The minimum atomic E-state index is -0.105. The summed E-state index contributed by atoms with van der Waals surface area (Å²) < 4.78 is 0. The maximum absolute atomic E-state index is 9.43. The van der Waals surface area contributed by atoms with Crippen LogP contribution in [0.1, 0.15) is 31.2 Å². The lowest BCUT2D eigenvalue weighted by atomic mass is 9.93. The van der Waals surface area contributed by atoms with Crippen LogP contribution in [-0.4, -0.2) is 17.3 Å². The fourth-order valence-corrected chi connectivity index (χ4v) is 2.47. The molecular formula is C13H18ClNO. The van der Waals surface area contributed by atoms with E-state index in [2.05, 4.69) is 11.4 Å². The SMILES string of the molecule is Cc1ccc(N[C@H]2CC[C@@H](O)CC2)c(Cl)c1. The Hall–Kier alpha value is -0.730. The van der Waals surface area contributed by atoms with Gasteiger partial charge in [-0.15, -0.1) is 0 Å². The Bertz CT molecular complexity index is 359. The number of halogens is 1. The van der Waals surface area contributed by atoms with Crippen molar-refractivity contribution < 1.29 is 5.11 Å². The quantitative estimate of drug-likeness (QED) is 0.830. The van der Waals surface area contributed by atoms with Gasteiger partial charge < -0.3 is 10.4 Å². The van der Waals surface area contributed by atoms with E-state index in [0.29, 0.717) is 6.04 Å². The van der Waals surface area contributed by atoms with Crippen LogP contribution in [0.5, 0.6) is 0 Å².